The van der Waals surface area contributed by atoms with Crippen molar-refractivity contribution in [2.75, 3.05) is 0 Å². The Kier molecular flexibility index (Phi) is 7.33. The van der Waals surface area contributed by atoms with E-state index in [4.69, 9.17) is 0 Å². The van der Waals surface area contributed by atoms with Crippen molar-refractivity contribution in [1.82, 2.24) is 0 Å². The Balaban J connectivity index is 1.38. The zero-order valence-corrected chi connectivity index (χ0v) is 31.5. The molecule has 2 aliphatic carbocycles. The minimum atomic E-state index is -3.18. The monoisotopic (exact) mass is 764 g/mol. The van der Waals surface area contributed by atoms with Crippen LogP contribution in [0.15, 0.2) is 126 Å². The first-order valence-electron chi connectivity index (χ1n) is 17.3. The van der Waals surface area contributed by atoms with Crippen molar-refractivity contribution in [3.05, 3.63) is 165 Å². The third kappa shape index (κ3) is 4.41. The first-order valence-corrected chi connectivity index (χ1v) is 28.6. The van der Waals surface area contributed by atoms with E-state index in [1.165, 1.54) is 50.1 Å². The maximum atomic E-state index is 2.77. The number of fused-ring (bicyclic) bond motifs is 6. The van der Waals surface area contributed by atoms with E-state index in [0.29, 0.717) is 7.35 Å². The van der Waals surface area contributed by atoms with E-state index in [1.807, 2.05) is 0 Å². The average molecular weight is 763 g/mol. The van der Waals surface area contributed by atoms with Crippen LogP contribution in [0.4, 0.5) is 0 Å². The molecule has 1 saturated heterocycles. The molecule has 0 saturated carbocycles. The Morgan fingerprint density at radius 2 is 0.957 bits per heavy atom. The molecule has 2 atom stereocenters. The zero-order valence-electron chi connectivity index (χ0n) is 27.9. The van der Waals surface area contributed by atoms with Gasteiger partial charge in [-0.2, -0.15) is 0 Å². The van der Waals surface area contributed by atoms with Crippen LogP contribution in [-0.2, 0) is 39.2 Å². The van der Waals surface area contributed by atoms with E-state index in [0.717, 1.165) is 19.3 Å². The van der Waals surface area contributed by atoms with Crippen LogP contribution in [0.5, 0.6) is 0 Å². The molecule has 2 unspecified atom stereocenters. The predicted octanol–water partition coefficient (Wildman–Crippen LogP) is 12.2. The molecule has 0 aromatic heterocycles. The van der Waals surface area contributed by atoms with Gasteiger partial charge in [-0.1, -0.05) is 0 Å². The number of allylic oxidation sites excluding steroid dienone is 2. The second-order valence-electron chi connectivity index (χ2n) is 14.5. The standard InChI is InChI=1S/C43H38.2CH3.Hf/c1-4-31-17-9-11-21-37(31)39-23-13-19-33-25-35(27-41(33)39)43(3,29-30-15-7-6-8-16-30)36-26-34-20-14-24-40(42(34)28-36)38-22-12-10-18-32(38)5-2;;;/h6-28H,4-5,29H2,1-3H3;2*1H3;. The number of aryl methyl sites for hydroxylation is 2. The van der Waals surface area contributed by atoms with Gasteiger partial charge in [0.05, 0.1) is 0 Å². The van der Waals surface area contributed by atoms with Crippen LogP contribution < -0.4 is 0 Å². The average Bonchev–Trinajstić information content (AvgIpc) is 3.70. The fraction of sp³-hybridized carbons (Fsp3) is 0.244. The van der Waals surface area contributed by atoms with E-state index >= 15 is 0 Å². The van der Waals surface area contributed by atoms with Gasteiger partial charge < -0.3 is 0 Å². The van der Waals surface area contributed by atoms with Crippen molar-refractivity contribution in [3.8, 4) is 22.3 Å². The molecule has 46 heavy (non-hydrogen) atoms. The number of benzene rings is 5. The molecular weight excluding hydrogens is 719 g/mol. The fourth-order valence-corrected chi connectivity index (χ4v) is 27.0. The number of rotatable bonds is 6. The van der Waals surface area contributed by atoms with Crippen LogP contribution in [-0.4, -0.2) is 0 Å². The Hall–Kier alpha value is -3.55. The first-order chi connectivity index (χ1) is 22.4. The number of hydrogen-bond acceptors (Lipinski definition) is 0. The molecule has 5 aromatic carbocycles. The van der Waals surface area contributed by atoms with Crippen LogP contribution in [0.25, 0.3) is 34.4 Å². The summed E-state index contributed by atoms with van der Waals surface area (Å²) in [6, 6.07) is 43.9. The normalized spacial score (nSPS) is 21.9. The van der Waals surface area contributed by atoms with Crippen molar-refractivity contribution in [2.24, 2.45) is 5.41 Å². The molecule has 0 spiro atoms. The quantitative estimate of drug-likeness (QED) is 0.151. The van der Waals surface area contributed by atoms with Crippen LogP contribution in [0.2, 0.25) is 9.36 Å². The van der Waals surface area contributed by atoms with E-state index in [1.54, 1.807) is 22.3 Å². The summed E-state index contributed by atoms with van der Waals surface area (Å²) >= 11 is -3.18. The van der Waals surface area contributed by atoms with Crippen molar-refractivity contribution in [2.45, 2.75) is 56.7 Å². The summed E-state index contributed by atoms with van der Waals surface area (Å²) in [7, 11) is 0. The van der Waals surface area contributed by atoms with Crippen molar-refractivity contribution >= 4 is 12.2 Å². The fourth-order valence-electron chi connectivity index (χ4n) is 9.56. The van der Waals surface area contributed by atoms with Crippen LogP contribution >= 0.6 is 0 Å². The van der Waals surface area contributed by atoms with E-state index < -0.39 is 20.0 Å². The summed E-state index contributed by atoms with van der Waals surface area (Å²) < 4.78 is 6.67. The van der Waals surface area contributed by atoms with Crippen molar-refractivity contribution in [1.29, 1.82) is 0 Å². The molecule has 0 bridgehead atoms. The molecule has 5 aromatic rings. The Morgan fingerprint density at radius 1 is 0.522 bits per heavy atom. The Labute approximate surface area is 280 Å². The van der Waals surface area contributed by atoms with Crippen molar-refractivity contribution in [3.63, 3.8) is 0 Å². The molecule has 0 radical (unpaired) electrons. The maximum absolute atomic E-state index is 3.18. The van der Waals surface area contributed by atoms with Gasteiger partial charge in [-0.25, -0.2) is 0 Å². The molecular formula is C45H44Hf. The van der Waals surface area contributed by atoms with Gasteiger partial charge in [-0.3, -0.25) is 0 Å². The summed E-state index contributed by atoms with van der Waals surface area (Å²) in [5.74, 6) is 0. The molecule has 228 valence electrons. The molecule has 3 aliphatic rings. The van der Waals surface area contributed by atoms with Crippen LogP contribution in [0.1, 0.15) is 67.1 Å². The van der Waals surface area contributed by atoms with Gasteiger partial charge in [0.15, 0.2) is 0 Å². The summed E-state index contributed by atoms with van der Waals surface area (Å²) in [6.07, 6.45) is 8.49. The Morgan fingerprint density at radius 3 is 1.43 bits per heavy atom. The zero-order chi connectivity index (χ0) is 31.6. The summed E-state index contributed by atoms with van der Waals surface area (Å²) in [4.78, 5) is 0. The van der Waals surface area contributed by atoms with E-state index in [2.05, 4.69) is 158 Å². The molecule has 1 heterocycles. The van der Waals surface area contributed by atoms with E-state index in [9.17, 15) is 0 Å². The van der Waals surface area contributed by atoms with Crippen LogP contribution in [0.3, 0.4) is 0 Å². The van der Waals surface area contributed by atoms with Gasteiger partial charge in [0.2, 0.25) is 0 Å². The van der Waals surface area contributed by atoms with Gasteiger partial charge in [-0.15, -0.1) is 0 Å². The SMILES string of the molecule is CCc1ccccc1-c1cccc2c1C=C1[CH]2[Hf]([CH3])([CH3])[CH]2C(=Cc3c(-c4ccccc4CC)cccc32)C1(C)Cc1ccccc1. The van der Waals surface area contributed by atoms with Gasteiger partial charge in [0.1, 0.15) is 0 Å². The third-order valence-electron chi connectivity index (χ3n) is 11.7. The van der Waals surface area contributed by atoms with Crippen molar-refractivity contribution < 1.29 is 20.0 Å². The molecule has 1 aliphatic heterocycles. The Bertz CT molecular complexity index is 1920. The third-order valence-corrected chi connectivity index (χ3v) is 26.8. The van der Waals surface area contributed by atoms with E-state index in [-0.39, 0.29) is 5.41 Å². The van der Waals surface area contributed by atoms with Gasteiger partial charge >= 0.3 is 282 Å². The molecule has 0 amide bonds. The van der Waals surface area contributed by atoms with Gasteiger partial charge in [0, 0.05) is 0 Å². The minimum absolute atomic E-state index is 0.0622. The van der Waals surface area contributed by atoms with Gasteiger partial charge in [-0.05, 0) is 0 Å². The molecule has 8 rings (SSSR count). The van der Waals surface area contributed by atoms with Crippen LogP contribution in [0, 0.1) is 5.41 Å². The first kappa shape index (κ1) is 29.8. The molecule has 1 heteroatoms. The summed E-state index contributed by atoms with van der Waals surface area (Å²) in [5, 5.41) is 0. The topological polar surface area (TPSA) is 0 Å². The number of hydrogen-bond donors (Lipinski definition) is 0. The second kappa shape index (κ2) is 11.3. The summed E-state index contributed by atoms with van der Waals surface area (Å²) in [6.45, 7) is 7.17. The predicted molar refractivity (Wildman–Crippen MR) is 194 cm³/mol. The molecule has 0 nitrogen and oxygen atoms in total. The molecule has 1 fully saturated rings. The molecule has 0 N–H and O–H groups in total. The summed E-state index contributed by atoms with van der Waals surface area (Å²) in [5.41, 5.74) is 19.4. The van der Waals surface area contributed by atoms with Gasteiger partial charge in [0.25, 0.3) is 0 Å². The second-order valence-corrected chi connectivity index (χ2v) is 31.8.